The van der Waals surface area contributed by atoms with Crippen molar-refractivity contribution >= 4 is 17.9 Å². The fourth-order valence-electron chi connectivity index (χ4n) is 2.28. The lowest BCUT2D eigenvalue weighted by molar-refractivity contribution is 0.0528. The summed E-state index contributed by atoms with van der Waals surface area (Å²) in [5, 5.41) is 6.29. The highest BCUT2D eigenvalue weighted by atomic mass is 32.2. The molecule has 2 N–H and O–H groups in total. The minimum Gasteiger partial charge on any atom is -0.444 e. The molecule has 116 valence electrons. The van der Waals surface area contributed by atoms with Gasteiger partial charge in [0.15, 0.2) is 0 Å². The summed E-state index contributed by atoms with van der Waals surface area (Å²) in [4.78, 5) is 12.9. The molecule has 1 aromatic rings. The fraction of sp³-hybridized carbons (Fsp3) is 0.562. The van der Waals surface area contributed by atoms with Gasteiger partial charge in [0.25, 0.3) is 0 Å². The van der Waals surface area contributed by atoms with Crippen LogP contribution in [-0.2, 0) is 4.74 Å². The molecule has 1 aliphatic heterocycles. The molecule has 0 fully saturated rings. The van der Waals surface area contributed by atoms with Crippen molar-refractivity contribution in [3.8, 4) is 0 Å². The zero-order valence-electron chi connectivity index (χ0n) is 12.9. The van der Waals surface area contributed by atoms with E-state index in [4.69, 9.17) is 4.74 Å². The summed E-state index contributed by atoms with van der Waals surface area (Å²) in [7, 11) is 0. The lowest BCUT2D eigenvalue weighted by Gasteiger charge is -2.26. The second-order valence-corrected chi connectivity index (χ2v) is 7.25. The first-order valence-electron chi connectivity index (χ1n) is 7.38. The van der Waals surface area contributed by atoms with Crippen molar-refractivity contribution in [2.24, 2.45) is 0 Å². The predicted octanol–water partition coefficient (Wildman–Crippen LogP) is 3.34. The first kappa shape index (κ1) is 16.2. The van der Waals surface area contributed by atoms with E-state index in [1.54, 1.807) is 0 Å². The molecule has 5 heteroatoms. The van der Waals surface area contributed by atoms with Crippen LogP contribution in [0.3, 0.4) is 0 Å². The number of thioether (sulfide) groups is 1. The van der Waals surface area contributed by atoms with Gasteiger partial charge in [0, 0.05) is 24.0 Å². The van der Waals surface area contributed by atoms with Crippen LogP contribution in [0.4, 0.5) is 4.79 Å². The SMILES string of the molecule is CC(C)(C)OC(=O)NCCNC1CCSc2ccccc21. The van der Waals surface area contributed by atoms with Gasteiger partial charge < -0.3 is 15.4 Å². The Kier molecular flexibility index (Phi) is 5.53. The third kappa shape index (κ3) is 5.25. The van der Waals surface area contributed by atoms with Gasteiger partial charge in [0.05, 0.1) is 0 Å². The average Bonchev–Trinajstić information content (AvgIpc) is 2.42. The van der Waals surface area contributed by atoms with E-state index >= 15 is 0 Å². The van der Waals surface area contributed by atoms with Gasteiger partial charge in [-0.15, -0.1) is 11.8 Å². The van der Waals surface area contributed by atoms with Crippen LogP contribution in [0.1, 0.15) is 38.8 Å². The Hall–Kier alpha value is -1.20. The number of carbonyl (C=O) groups is 1. The number of rotatable bonds is 4. The fourth-order valence-corrected chi connectivity index (χ4v) is 3.40. The van der Waals surface area contributed by atoms with Crippen molar-refractivity contribution in [3.63, 3.8) is 0 Å². The molecule has 0 spiro atoms. The highest BCUT2D eigenvalue weighted by Crippen LogP contribution is 2.35. The number of benzene rings is 1. The van der Waals surface area contributed by atoms with E-state index in [9.17, 15) is 4.79 Å². The molecule has 0 aliphatic carbocycles. The van der Waals surface area contributed by atoms with Gasteiger partial charge in [0.1, 0.15) is 5.60 Å². The van der Waals surface area contributed by atoms with Gasteiger partial charge in [-0.3, -0.25) is 0 Å². The maximum absolute atomic E-state index is 11.5. The number of amides is 1. The first-order valence-corrected chi connectivity index (χ1v) is 8.36. The summed E-state index contributed by atoms with van der Waals surface area (Å²) in [6.45, 7) is 6.90. The van der Waals surface area contributed by atoms with Crippen molar-refractivity contribution in [1.29, 1.82) is 0 Å². The maximum atomic E-state index is 11.5. The summed E-state index contributed by atoms with van der Waals surface area (Å²) in [5.41, 5.74) is 0.919. The van der Waals surface area contributed by atoms with Crippen molar-refractivity contribution in [2.75, 3.05) is 18.8 Å². The number of hydrogen-bond acceptors (Lipinski definition) is 4. The Morgan fingerprint density at radius 1 is 1.33 bits per heavy atom. The molecule has 0 aromatic heterocycles. The number of alkyl carbamates (subject to hydrolysis) is 1. The number of hydrogen-bond donors (Lipinski definition) is 2. The van der Waals surface area contributed by atoms with E-state index < -0.39 is 5.60 Å². The Balaban J connectivity index is 1.74. The van der Waals surface area contributed by atoms with E-state index in [0.717, 1.165) is 18.7 Å². The normalized spacial score (nSPS) is 18.0. The molecule has 1 heterocycles. The molecule has 1 unspecified atom stereocenters. The van der Waals surface area contributed by atoms with Crippen LogP contribution in [0.25, 0.3) is 0 Å². The second kappa shape index (κ2) is 7.18. The molecule has 0 radical (unpaired) electrons. The summed E-state index contributed by atoms with van der Waals surface area (Å²) in [6, 6.07) is 8.90. The lowest BCUT2D eigenvalue weighted by atomic mass is 10.0. The van der Waals surface area contributed by atoms with Gasteiger partial charge in [-0.05, 0) is 44.6 Å². The molecular formula is C16H24N2O2S. The van der Waals surface area contributed by atoms with Crippen molar-refractivity contribution in [2.45, 2.75) is 43.7 Å². The third-order valence-electron chi connectivity index (χ3n) is 3.14. The number of nitrogens with one attached hydrogen (secondary N) is 2. The summed E-state index contributed by atoms with van der Waals surface area (Å²) in [5.74, 6) is 1.13. The van der Waals surface area contributed by atoms with Gasteiger partial charge in [-0.2, -0.15) is 0 Å². The third-order valence-corrected chi connectivity index (χ3v) is 4.27. The predicted molar refractivity (Wildman–Crippen MR) is 86.8 cm³/mol. The van der Waals surface area contributed by atoms with E-state index in [2.05, 4.69) is 34.9 Å². The Morgan fingerprint density at radius 3 is 2.86 bits per heavy atom. The molecular weight excluding hydrogens is 284 g/mol. The van der Waals surface area contributed by atoms with Crippen LogP contribution in [0, 0.1) is 0 Å². The molecule has 4 nitrogen and oxygen atoms in total. The van der Waals surface area contributed by atoms with Crippen LogP contribution >= 0.6 is 11.8 Å². The number of ether oxygens (including phenoxy) is 1. The number of fused-ring (bicyclic) bond motifs is 1. The smallest absolute Gasteiger partial charge is 0.407 e. The van der Waals surface area contributed by atoms with Crippen molar-refractivity contribution < 1.29 is 9.53 Å². The Labute approximate surface area is 131 Å². The zero-order valence-corrected chi connectivity index (χ0v) is 13.8. The minimum absolute atomic E-state index is 0.358. The molecule has 0 saturated heterocycles. The molecule has 0 bridgehead atoms. The van der Waals surface area contributed by atoms with E-state index in [-0.39, 0.29) is 6.09 Å². The standard InChI is InChI=1S/C16H24N2O2S/c1-16(2,3)20-15(19)18-10-9-17-13-8-11-21-14-7-5-4-6-12(13)14/h4-7,13,17H,8-11H2,1-3H3,(H,18,19). The molecule has 1 aliphatic rings. The first-order chi connectivity index (χ1) is 9.96. The monoisotopic (exact) mass is 308 g/mol. The van der Waals surface area contributed by atoms with Gasteiger partial charge in [-0.1, -0.05) is 18.2 Å². The van der Waals surface area contributed by atoms with Gasteiger partial charge in [-0.25, -0.2) is 4.79 Å². The molecule has 1 atom stereocenters. The van der Waals surface area contributed by atoms with Crippen LogP contribution in [0.5, 0.6) is 0 Å². The maximum Gasteiger partial charge on any atom is 0.407 e. The van der Waals surface area contributed by atoms with E-state index in [1.807, 2.05) is 32.5 Å². The molecule has 0 saturated carbocycles. The lowest BCUT2D eigenvalue weighted by Crippen LogP contribution is -2.37. The molecule has 2 rings (SSSR count). The van der Waals surface area contributed by atoms with Gasteiger partial charge in [0.2, 0.25) is 0 Å². The molecule has 21 heavy (non-hydrogen) atoms. The van der Waals surface area contributed by atoms with Crippen LogP contribution < -0.4 is 10.6 Å². The van der Waals surface area contributed by atoms with Gasteiger partial charge >= 0.3 is 6.09 Å². The highest BCUT2D eigenvalue weighted by Gasteiger charge is 2.19. The second-order valence-electron chi connectivity index (χ2n) is 6.11. The molecule has 1 aromatic carbocycles. The van der Waals surface area contributed by atoms with Crippen molar-refractivity contribution in [1.82, 2.24) is 10.6 Å². The largest absolute Gasteiger partial charge is 0.444 e. The van der Waals surface area contributed by atoms with Crippen LogP contribution in [0.15, 0.2) is 29.2 Å². The number of carbonyl (C=O) groups excluding carboxylic acids is 1. The van der Waals surface area contributed by atoms with Crippen LogP contribution in [0.2, 0.25) is 0 Å². The van der Waals surface area contributed by atoms with Crippen molar-refractivity contribution in [3.05, 3.63) is 29.8 Å². The minimum atomic E-state index is -0.447. The quantitative estimate of drug-likeness (QED) is 0.838. The van der Waals surface area contributed by atoms with E-state index in [0.29, 0.717) is 12.6 Å². The Morgan fingerprint density at radius 2 is 2.10 bits per heavy atom. The Bertz CT molecular complexity index is 485. The summed E-state index contributed by atoms with van der Waals surface area (Å²) < 4.78 is 5.20. The van der Waals surface area contributed by atoms with Crippen LogP contribution in [-0.4, -0.2) is 30.5 Å². The summed E-state index contributed by atoms with van der Waals surface area (Å²) in [6.07, 6.45) is 0.762. The average molecular weight is 308 g/mol. The molecule has 1 amide bonds. The van der Waals surface area contributed by atoms with E-state index in [1.165, 1.54) is 10.5 Å². The topological polar surface area (TPSA) is 50.4 Å². The zero-order chi connectivity index (χ0) is 15.3. The summed E-state index contributed by atoms with van der Waals surface area (Å²) >= 11 is 1.91. The highest BCUT2D eigenvalue weighted by molar-refractivity contribution is 7.99.